The first kappa shape index (κ1) is 12.1. The Morgan fingerprint density at radius 2 is 2.21 bits per heavy atom. The molecule has 0 unspecified atom stereocenters. The number of aliphatic hydroxyl groups excluding tert-OH is 1. The van der Waals surface area contributed by atoms with Crippen molar-refractivity contribution in [2.24, 2.45) is 0 Å². The second kappa shape index (κ2) is 4.97. The Hall–Kier alpha value is -1.94. The van der Waals surface area contributed by atoms with Crippen LogP contribution in [-0.4, -0.2) is 40.1 Å². The first-order chi connectivity index (χ1) is 9.31. The SMILES string of the molecule is O=C(c1cccc2cccnc12)N1CCC[C@@H]1CO. The number of para-hydroxylation sites is 1. The van der Waals surface area contributed by atoms with Gasteiger partial charge in [-0.1, -0.05) is 18.2 Å². The number of benzene rings is 1. The van der Waals surface area contributed by atoms with Crippen LogP contribution in [0.5, 0.6) is 0 Å². The number of rotatable bonds is 2. The Balaban J connectivity index is 2.02. The maximum atomic E-state index is 12.6. The molecule has 0 bridgehead atoms. The Morgan fingerprint density at radius 3 is 3.05 bits per heavy atom. The van der Waals surface area contributed by atoms with Crippen molar-refractivity contribution in [1.29, 1.82) is 0 Å². The molecule has 1 atom stereocenters. The van der Waals surface area contributed by atoms with E-state index in [1.807, 2.05) is 30.3 Å². The minimum absolute atomic E-state index is 0.0270. The molecule has 4 heteroatoms. The molecule has 2 heterocycles. The van der Waals surface area contributed by atoms with Crippen molar-refractivity contribution < 1.29 is 9.90 Å². The molecule has 2 aromatic rings. The maximum Gasteiger partial charge on any atom is 0.256 e. The number of pyridine rings is 1. The molecular weight excluding hydrogens is 240 g/mol. The highest BCUT2D eigenvalue weighted by molar-refractivity contribution is 6.05. The summed E-state index contributed by atoms with van der Waals surface area (Å²) in [6, 6.07) is 9.40. The number of aromatic nitrogens is 1. The van der Waals surface area contributed by atoms with E-state index >= 15 is 0 Å². The molecule has 0 radical (unpaired) electrons. The highest BCUT2D eigenvalue weighted by atomic mass is 16.3. The van der Waals surface area contributed by atoms with Gasteiger partial charge >= 0.3 is 0 Å². The molecule has 1 aliphatic heterocycles. The van der Waals surface area contributed by atoms with Crippen molar-refractivity contribution >= 4 is 16.8 Å². The van der Waals surface area contributed by atoms with Crippen LogP contribution in [0, 0.1) is 0 Å². The van der Waals surface area contributed by atoms with Crippen molar-refractivity contribution in [2.75, 3.05) is 13.2 Å². The predicted molar refractivity (Wildman–Crippen MR) is 72.9 cm³/mol. The van der Waals surface area contributed by atoms with Gasteiger partial charge in [0.15, 0.2) is 0 Å². The van der Waals surface area contributed by atoms with Gasteiger partial charge in [-0.15, -0.1) is 0 Å². The highest BCUT2D eigenvalue weighted by Crippen LogP contribution is 2.23. The lowest BCUT2D eigenvalue weighted by atomic mass is 10.1. The predicted octanol–water partition coefficient (Wildman–Crippen LogP) is 1.83. The van der Waals surface area contributed by atoms with E-state index in [2.05, 4.69) is 4.98 Å². The van der Waals surface area contributed by atoms with E-state index in [-0.39, 0.29) is 18.6 Å². The number of aliphatic hydroxyl groups is 1. The lowest BCUT2D eigenvalue weighted by Gasteiger charge is -2.23. The Kier molecular flexibility index (Phi) is 3.17. The highest BCUT2D eigenvalue weighted by Gasteiger charge is 2.29. The smallest absolute Gasteiger partial charge is 0.256 e. The molecule has 1 saturated heterocycles. The van der Waals surface area contributed by atoms with Gasteiger partial charge in [0.1, 0.15) is 0 Å². The fraction of sp³-hybridized carbons (Fsp3) is 0.333. The van der Waals surface area contributed by atoms with Gasteiger partial charge in [-0.25, -0.2) is 0 Å². The fourth-order valence-corrected chi connectivity index (χ4v) is 2.72. The van der Waals surface area contributed by atoms with Gasteiger partial charge in [-0.2, -0.15) is 0 Å². The van der Waals surface area contributed by atoms with Crippen LogP contribution in [0.15, 0.2) is 36.5 Å². The van der Waals surface area contributed by atoms with Gasteiger partial charge in [0.05, 0.1) is 23.7 Å². The van der Waals surface area contributed by atoms with Gasteiger partial charge in [0.2, 0.25) is 0 Å². The monoisotopic (exact) mass is 256 g/mol. The zero-order valence-corrected chi connectivity index (χ0v) is 10.6. The molecule has 1 N–H and O–H groups in total. The van der Waals surface area contributed by atoms with Crippen molar-refractivity contribution in [3.8, 4) is 0 Å². The third kappa shape index (κ3) is 2.08. The zero-order valence-electron chi connectivity index (χ0n) is 10.6. The molecule has 0 spiro atoms. The summed E-state index contributed by atoms with van der Waals surface area (Å²) in [6.07, 6.45) is 3.53. The van der Waals surface area contributed by atoms with Crippen LogP contribution < -0.4 is 0 Å². The third-order valence-electron chi connectivity index (χ3n) is 3.71. The molecule has 4 nitrogen and oxygen atoms in total. The number of fused-ring (bicyclic) bond motifs is 1. The van der Waals surface area contributed by atoms with Gasteiger partial charge in [0, 0.05) is 18.1 Å². The van der Waals surface area contributed by atoms with Crippen molar-refractivity contribution in [2.45, 2.75) is 18.9 Å². The molecular formula is C15H16N2O2. The van der Waals surface area contributed by atoms with Gasteiger partial charge < -0.3 is 10.0 Å². The Labute approximate surface area is 111 Å². The third-order valence-corrected chi connectivity index (χ3v) is 3.71. The molecule has 1 aliphatic rings. The molecule has 3 rings (SSSR count). The summed E-state index contributed by atoms with van der Waals surface area (Å²) in [5.41, 5.74) is 1.36. The number of hydrogen-bond acceptors (Lipinski definition) is 3. The quantitative estimate of drug-likeness (QED) is 0.892. The van der Waals surface area contributed by atoms with Gasteiger partial charge in [-0.3, -0.25) is 9.78 Å². The Morgan fingerprint density at radius 1 is 1.37 bits per heavy atom. The largest absolute Gasteiger partial charge is 0.394 e. The Bertz CT molecular complexity index is 607. The number of carbonyl (C=O) groups excluding carboxylic acids is 1. The molecule has 19 heavy (non-hydrogen) atoms. The average Bonchev–Trinajstić information content (AvgIpc) is 2.94. The number of hydrogen-bond donors (Lipinski definition) is 1. The summed E-state index contributed by atoms with van der Waals surface area (Å²) in [4.78, 5) is 18.7. The number of nitrogens with zero attached hydrogens (tertiary/aromatic N) is 2. The standard InChI is InChI=1S/C15H16N2O2/c18-10-12-6-3-9-17(12)15(19)13-7-1-4-11-5-2-8-16-14(11)13/h1-2,4-5,7-8,12,18H,3,6,9-10H2/t12-/m1/s1. The molecule has 1 aromatic heterocycles. The summed E-state index contributed by atoms with van der Waals surface area (Å²) >= 11 is 0. The second-order valence-corrected chi connectivity index (χ2v) is 4.86. The van der Waals surface area contributed by atoms with Gasteiger partial charge in [-0.05, 0) is 25.0 Å². The molecule has 0 aliphatic carbocycles. The van der Waals surface area contributed by atoms with Crippen molar-refractivity contribution in [3.63, 3.8) is 0 Å². The van der Waals surface area contributed by atoms with Crippen LogP contribution >= 0.6 is 0 Å². The zero-order chi connectivity index (χ0) is 13.2. The minimum atomic E-state index is -0.0496. The lowest BCUT2D eigenvalue weighted by molar-refractivity contribution is 0.0679. The van der Waals surface area contributed by atoms with E-state index in [4.69, 9.17) is 0 Å². The minimum Gasteiger partial charge on any atom is -0.394 e. The second-order valence-electron chi connectivity index (χ2n) is 4.86. The van der Waals surface area contributed by atoms with Crippen LogP contribution in [0.25, 0.3) is 10.9 Å². The van der Waals surface area contributed by atoms with E-state index in [1.54, 1.807) is 11.1 Å². The lowest BCUT2D eigenvalue weighted by Crippen LogP contribution is -2.37. The number of amides is 1. The summed E-state index contributed by atoms with van der Waals surface area (Å²) in [5, 5.41) is 10.3. The molecule has 98 valence electrons. The van der Waals surface area contributed by atoms with Crippen molar-refractivity contribution in [3.05, 3.63) is 42.1 Å². The molecule has 1 amide bonds. The summed E-state index contributed by atoms with van der Waals surface area (Å²) in [7, 11) is 0. The van der Waals surface area contributed by atoms with E-state index in [9.17, 15) is 9.90 Å². The van der Waals surface area contributed by atoms with Crippen LogP contribution in [0.4, 0.5) is 0 Å². The van der Waals surface area contributed by atoms with E-state index < -0.39 is 0 Å². The van der Waals surface area contributed by atoms with Crippen LogP contribution in [0.3, 0.4) is 0 Å². The average molecular weight is 256 g/mol. The summed E-state index contributed by atoms with van der Waals surface area (Å²) in [6.45, 7) is 0.747. The maximum absolute atomic E-state index is 12.6. The summed E-state index contributed by atoms with van der Waals surface area (Å²) < 4.78 is 0. The molecule has 1 aromatic carbocycles. The first-order valence-corrected chi connectivity index (χ1v) is 6.57. The molecule has 1 fully saturated rings. The van der Waals surface area contributed by atoms with Crippen LogP contribution in [0.1, 0.15) is 23.2 Å². The van der Waals surface area contributed by atoms with E-state index in [0.717, 1.165) is 23.7 Å². The topological polar surface area (TPSA) is 53.4 Å². The van der Waals surface area contributed by atoms with E-state index in [0.29, 0.717) is 12.1 Å². The fourth-order valence-electron chi connectivity index (χ4n) is 2.72. The van der Waals surface area contributed by atoms with E-state index in [1.165, 1.54) is 0 Å². The normalized spacial score (nSPS) is 19.0. The van der Waals surface area contributed by atoms with Gasteiger partial charge in [0.25, 0.3) is 5.91 Å². The van der Waals surface area contributed by atoms with Crippen LogP contribution in [-0.2, 0) is 0 Å². The number of carbonyl (C=O) groups is 1. The summed E-state index contributed by atoms with van der Waals surface area (Å²) in [5.74, 6) is -0.0270. The first-order valence-electron chi connectivity index (χ1n) is 6.57. The van der Waals surface area contributed by atoms with Crippen molar-refractivity contribution in [1.82, 2.24) is 9.88 Å². The van der Waals surface area contributed by atoms with Crippen LogP contribution in [0.2, 0.25) is 0 Å². The molecule has 0 saturated carbocycles. The number of likely N-dealkylation sites (tertiary alicyclic amines) is 1.